The van der Waals surface area contributed by atoms with Gasteiger partial charge < -0.3 is 9.80 Å². The van der Waals surface area contributed by atoms with Crippen LogP contribution in [0.2, 0.25) is 0 Å². The van der Waals surface area contributed by atoms with E-state index in [-0.39, 0.29) is 17.5 Å². The van der Waals surface area contributed by atoms with Crippen molar-refractivity contribution in [2.45, 2.75) is 85.5 Å². The molecule has 0 bridgehead atoms. The Labute approximate surface area is 375 Å². The first-order valence-corrected chi connectivity index (χ1v) is 24.0. The molecule has 0 amide bonds. The summed E-state index contributed by atoms with van der Waals surface area (Å²) in [5, 5.41) is 3.99. The summed E-state index contributed by atoms with van der Waals surface area (Å²) in [4.78, 5) is 5.21. The molecule has 0 spiro atoms. The first-order chi connectivity index (χ1) is 29.8. The molecule has 62 heavy (non-hydrogen) atoms. The van der Waals surface area contributed by atoms with Gasteiger partial charge in [0.2, 0.25) is 0 Å². The number of thiophene rings is 2. The van der Waals surface area contributed by atoms with Gasteiger partial charge in [0.1, 0.15) is 0 Å². The van der Waals surface area contributed by atoms with Crippen LogP contribution in [0.3, 0.4) is 0 Å². The molecular weight excluding hydrogens is 788 g/mol. The van der Waals surface area contributed by atoms with E-state index in [0.717, 1.165) is 6.42 Å². The number of hydrogen-bond acceptors (Lipinski definition) is 4. The van der Waals surface area contributed by atoms with Gasteiger partial charge in [0, 0.05) is 63.3 Å². The Bertz CT molecular complexity index is 3240. The van der Waals surface area contributed by atoms with Crippen molar-refractivity contribution in [3.8, 4) is 11.1 Å². The average Bonchev–Trinajstić information content (AvgIpc) is 3.83. The lowest BCUT2D eigenvalue weighted by molar-refractivity contribution is 0.590. The highest BCUT2D eigenvalue weighted by molar-refractivity contribution is 7.33. The number of hydrogen-bond donors (Lipinski definition) is 0. The topological polar surface area (TPSA) is 6.48 Å². The van der Waals surface area contributed by atoms with Crippen LogP contribution >= 0.6 is 22.7 Å². The molecule has 0 fully saturated rings. The van der Waals surface area contributed by atoms with Crippen LogP contribution in [0.15, 0.2) is 140 Å². The summed E-state index contributed by atoms with van der Waals surface area (Å²) >= 11 is 3.87. The zero-order valence-electron chi connectivity index (χ0n) is 37.4. The number of benzene rings is 7. The number of anilines is 6. The van der Waals surface area contributed by atoms with Crippen molar-refractivity contribution in [1.82, 2.24) is 0 Å². The fourth-order valence-corrected chi connectivity index (χ4v) is 12.4. The molecule has 0 N–H and O–H groups in total. The Morgan fingerprint density at radius 3 is 1.95 bits per heavy atom. The van der Waals surface area contributed by atoms with Crippen LogP contribution in [-0.2, 0) is 17.3 Å². The molecule has 0 saturated carbocycles. The zero-order chi connectivity index (χ0) is 42.8. The zero-order valence-corrected chi connectivity index (χ0v) is 39.0. The molecule has 306 valence electrons. The van der Waals surface area contributed by atoms with Gasteiger partial charge in [0.05, 0.1) is 11.4 Å². The molecule has 7 aromatic carbocycles. The third kappa shape index (κ3) is 6.10. The lowest BCUT2D eigenvalue weighted by atomic mass is 9.36. The first kappa shape index (κ1) is 39.2. The van der Waals surface area contributed by atoms with Crippen molar-refractivity contribution >= 4 is 109 Å². The van der Waals surface area contributed by atoms with E-state index >= 15 is 0 Å². The highest BCUT2D eigenvalue weighted by Gasteiger charge is 2.45. The van der Waals surface area contributed by atoms with Crippen LogP contribution in [0.5, 0.6) is 0 Å². The molecule has 5 heteroatoms. The van der Waals surface area contributed by atoms with Gasteiger partial charge in [0.15, 0.2) is 0 Å². The molecule has 0 aliphatic carbocycles. The van der Waals surface area contributed by atoms with Crippen molar-refractivity contribution in [1.29, 1.82) is 0 Å². The minimum atomic E-state index is -0.0185. The molecule has 9 aromatic rings. The second kappa shape index (κ2) is 14.2. The molecule has 2 aliphatic rings. The summed E-state index contributed by atoms with van der Waals surface area (Å²) in [6.07, 6.45) is 0.983. The highest BCUT2D eigenvalue weighted by atomic mass is 32.1. The quantitative estimate of drug-likeness (QED) is 0.159. The van der Waals surface area contributed by atoms with E-state index in [4.69, 9.17) is 0 Å². The first-order valence-electron chi connectivity index (χ1n) is 22.4. The number of rotatable bonds is 5. The smallest absolute Gasteiger partial charge is 0.264 e. The van der Waals surface area contributed by atoms with E-state index in [9.17, 15) is 0 Å². The average molecular weight is 841 g/mol. The fraction of sp³-hybridized carbons (Fsp3) is 0.228. The van der Waals surface area contributed by atoms with Crippen molar-refractivity contribution in [3.05, 3.63) is 162 Å². The second-order valence-corrected chi connectivity index (χ2v) is 22.0. The minimum absolute atomic E-state index is 0.0185. The Balaban J connectivity index is 1.21. The van der Waals surface area contributed by atoms with E-state index < -0.39 is 0 Å². The highest BCUT2D eigenvalue weighted by Crippen LogP contribution is 2.50. The molecule has 2 aromatic heterocycles. The lowest BCUT2D eigenvalue weighted by Crippen LogP contribution is -2.60. The summed E-state index contributed by atoms with van der Waals surface area (Å²) in [5.41, 5.74) is 18.2. The van der Waals surface area contributed by atoms with Crippen LogP contribution in [0, 0.1) is 0 Å². The summed E-state index contributed by atoms with van der Waals surface area (Å²) in [6.45, 7) is 20.9. The molecule has 0 unspecified atom stereocenters. The van der Waals surface area contributed by atoms with E-state index in [1.807, 2.05) is 22.7 Å². The molecule has 2 nitrogen and oxygen atoms in total. The minimum Gasteiger partial charge on any atom is -0.311 e. The van der Waals surface area contributed by atoms with Gasteiger partial charge >= 0.3 is 0 Å². The Kier molecular flexibility index (Phi) is 8.99. The SMILES string of the molecule is CCc1ccc2c(c1)B1c3sc4ccc(C(C)(C)C)cc4c3N(c3ccc(C(C)C)cc3)c3cccc(c31)N2c1ccc(C(C)(C)C)cc1-c1ccc2sc3ccccc3c2c1. The molecule has 0 saturated heterocycles. The molecule has 0 radical (unpaired) electrons. The third-order valence-corrected chi connectivity index (χ3v) is 15.9. The summed E-state index contributed by atoms with van der Waals surface area (Å²) < 4.78 is 5.43. The van der Waals surface area contributed by atoms with E-state index in [0.29, 0.717) is 5.92 Å². The fourth-order valence-electron chi connectivity index (χ4n) is 10.0. The number of fused-ring (bicyclic) bond motifs is 9. The lowest BCUT2D eigenvalue weighted by Gasteiger charge is -2.43. The molecule has 11 rings (SSSR count). The van der Waals surface area contributed by atoms with E-state index in [1.54, 1.807) is 0 Å². The molecule has 2 aliphatic heterocycles. The Hall–Kier alpha value is -5.62. The summed E-state index contributed by atoms with van der Waals surface area (Å²) in [5.74, 6) is 0.460. The summed E-state index contributed by atoms with van der Waals surface area (Å²) in [7, 11) is 0. The van der Waals surface area contributed by atoms with Gasteiger partial charge in [-0.05, 0) is 135 Å². The van der Waals surface area contributed by atoms with Crippen LogP contribution in [0.25, 0.3) is 41.4 Å². The monoisotopic (exact) mass is 840 g/mol. The Morgan fingerprint density at radius 2 is 1.21 bits per heavy atom. The van der Waals surface area contributed by atoms with Crippen LogP contribution in [-0.4, -0.2) is 6.71 Å². The maximum atomic E-state index is 2.61. The predicted molar refractivity (Wildman–Crippen MR) is 275 cm³/mol. The van der Waals surface area contributed by atoms with E-state index in [2.05, 4.69) is 212 Å². The summed E-state index contributed by atoms with van der Waals surface area (Å²) in [6, 6.07) is 54.3. The van der Waals surface area contributed by atoms with Crippen molar-refractivity contribution in [3.63, 3.8) is 0 Å². The van der Waals surface area contributed by atoms with Crippen molar-refractivity contribution in [2.24, 2.45) is 0 Å². The van der Waals surface area contributed by atoms with Gasteiger partial charge in [-0.15, -0.1) is 22.7 Å². The van der Waals surface area contributed by atoms with Gasteiger partial charge in [-0.2, -0.15) is 0 Å². The van der Waals surface area contributed by atoms with Crippen LogP contribution in [0.4, 0.5) is 34.1 Å². The second-order valence-electron chi connectivity index (χ2n) is 19.9. The molecule has 0 atom stereocenters. The standard InChI is InChI=1S/C57H53BN2S2/c1-10-35-18-26-47-45(30-35)58-53-48(59(40-24-19-36(20-25-40)34(2)3)54-44-33-39(57(7,8)9)23-29-52(44)62-55(54)58)15-13-16-49(53)60(47)46-27-22-38(56(4,5)6)32-42(46)37-21-28-51-43(31-37)41-14-11-12-17-50(41)61-51/h11-34H,10H2,1-9H3. The van der Waals surface area contributed by atoms with Crippen LogP contribution in [0.1, 0.15) is 90.5 Å². The Morgan fingerprint density at radius 1 is 0.548 bits per heavy atom. The number of aryl methyl sites for hydroxylation is 1. The van der Waals surface area contributed by atoms with Gasteiger partial charge in [-0.3, -0.25) is 0 Å². The largest absolute Gasteiger partial charge is 0.311 e. The van der Waals surface area contributed by atoms with Gasteiger partial charge in [-0.25, -0.2) is 0 Å². The van der Waals surface area contributed by atoms with Crippen LogP contribution < -0.4 is 25.5 Å². The van der Waals surface area contributed by atoms with Crippen molar-refractivity contribution < 1.29 is 0 Å². The van der Waals surface area contributed by atoms with Crippen molar-refractivity contribution in [2.75, 3.05) is 9.80 Å². The maximum absolute atomic E-state index is 2.61. The maximum Gasteiger partial charge on any atom is 0.264 e. The molecule has 4 heterocycles. The van der Waals surface area contributed by atoms with Gasteiger partial charge in [0.25, 0.3) is 6.71 Å². The van der Waals surface area contributed by atoms with Gasteiger partial charge in [-0.1, -0.05) is 129 Å². The van der Waals surface area contributed by atoms with E-state index in [1.165, 1.54) is 113 Å². The molecular formula is C57H53BN2S2. The number of nitrogens with zero attached hydrogens (tertiary/aromatic N) is 2. The normalized spacial score (nSPS) is 13.7. The predicted octanol–water partition coefficient (Wildman–Crippen LogP) is 15.3. The third-order valence-electron chi connectivity index (χ3n) is 13.5.